The lowest BCUT2D eigenvalue weighted by molar-refractivity contribution is -0.133. The molecular weight excluding hydrogens is 496 g/mol. The van der Waals surface area contributed by atoms with Gasteiger partial charge in [-0.3, -0.25) is 24.0 Å². The molecule has 1 aliphatic rings. The molecule has 1 aliphatic heterocycles. The molecular formula is C20H32N8O5S2. The van der Waals surface area contributed by atoms with E-state index in [9.17, 15) is 24.0 Å². The van der Waals surface area contributed by atoms with Crippen molar-refractivity contribution < 1.29 is 24.0 Å². The maximum Gasteiger partial charge on any atom is 0.243 e. The van der Waals surface area contributed by atoms with Gasteiger partial charge in [0.1, 0.15) is 23.7 Å². The van der Waals surface area contributed by atoms with E-state index in [4.69, 9.17) is 11.5 Å². The third-order valence-corrected chi connectivity index (χ3v) is 7.76. The standard InChI is InChI=1S/C20H32N8O5S2/c1-10(2)15-18(32)26-13(16(21)30)7-34-35-8-20(3,22)19(33)27-12(4-11-5-23-9-25-11)17(31)24-6-14(29)28-15/h5,9-10,12-13,15H,4,6-8,22H2,1-3H3,(H2,21,30)(H,23,25)(H,24,31)(H,26,32)(H,27,33)(H,28,29)/t12-,13-,15-,20-/m0/s1. The predicted molar refractivity (Wildman–Crippen MR) is 133 cm³/mol. The van der Waals surface area contributed by atoms with Gasteiger partial charge in [-0.25, -0.2) is 4.98 Å². The minimum Gasteiger partial charge on any atom is -0.368 e. The van der Waals surface area contributed by atoms with Crippen LogP contribution in [0.3, 0.4) is 0 Å². The molecule has 13 nitrogen and oxygen atoms in total. The van der Waals surface area contributed by atoms with E-state index in [1.54, 1.807) is 13.8 Å². The minimum absolute atomic E-state index is 0.0917. The van der Waals surface area contributed by atoms with Crippen molar-refractivity contribution in [1.29, 1.82) is 0 Å². The van der Waals surface area contributed by atoms with Crippen LogP contribution in [0, 0.1) is 5.92 Å². The number of primary amides is 1. The Labute approximate surface area is 210 Å². The number of nitrogens with one attached hydrogen (secondary N) is 5. The van der Waals surface area contributed by atoms with Gasteiger partial charge in [-0.15, -0.1) is 0 Å². The number of H-pyrrole nitrogens is 1. The molecule has 4 atom stereocenters. The van der Waals surface area contributed by atoms with Gasteiger partial charge in [-0.1, -0.05) is 35.4 Å². The topological polar surface area (TPSA) is 214 Å². The molecule has 0 aromatic carbocycles. The molecule has 0 bridgehead atoms. The van der Waals surface area contributed by atoms with Crippen molar-refractivity contribution in [1.82, 2.24) is 31.2 Å². The molecule has 1 aromatic heterocycles. The molecule has 1 saturated heterocycles. The fourth-order valence-corrected chi connectivity index (χ4v) is 5.62. The number of imidazole rings is 1. The second-order valence-corrected chi connectivity index (χ2v) is 11.2. The van der Waals surface area contributed by atoms with Crippen molar-refractivity contribution in [2.75, 3.05) is 18.1 Å². The van der Waals surface area contributed by atoms with Crippen molar-refractivity contribution in [3.63, 3.8) is 0 Å². The van der Waals surface area contributed by atoms with Crippen LogP contribution in [0.4, 0.5) is 0 Å². The van der Waals surface area contributed by atoms with Gasteiger partial charge in [0.2, 0.25) is 29.5 Å². The van der Waals surface area contributed by atoms with Gasteiger partial charge < -0.3 is 37.7 Å². The summed E-state index contributed by atoms with van der Waals surface area (Å²) in [7, 11) is 2.44. The van der Waals surface area contributed by atoms with Crippen LogP contribution in [0.5, 0.6) is 0 Å². The second kappa shape index (κ2) is 12.8. The van der Waals surface area contributed by atoms with E-state index in [0.717, 1.165) is 0 Å². The summed E-state index contributed by atoms with van der Waals surface area (Å²) in [6.07, 6.45) is 3.05. The molecule has 1 aromatic rings. The lowest BCUT2D eigenvalue weighted by Gasteiger charge is -2.26. The van der Waals surface area contributed by atoms with Crippen LogP contribution < -0.4 is 32.7 Å². The molecule has 5 amide bonds. The molecule has 2 rings (SSSR count). The van der Waals surface area contributed by atoms with Crippen molar-refractivity contribution >= 4 is 51.1 Å². The first-order chi connectivity index (χ1) is 16.4. The smallest absolute Gasteiger partial charge is 0.243 e. The van der Waals surface area contributed by atoms with E-state index in [0.29, 0.717) is 5.69 Å². The third kappa shape index (κ3) is 8.74. The Balaban J connectivity index is 2.27. The van der Waals surface area contributed by atoms with Gasteiger partial charge in [0.05, 0.1) is 12.9 Å². The average molecular weight is 529 g/mol. The zero-order valence-electron chi connectivity index (χ0n) is 19.8. The Morgan fingerprint density at radius 1 is 1.17 bits per heavy atom. The van der Waals surface area contributed by atoms with Crippen LogP contribution in [0.2, 0.25) is 0 Å². The zero-order chi connectivity index (χ0) is 26.2. The van der Waals surface area contributed by atoms with Gasteiger partial charge in [0.15, 0.2) is 0 Å². The van der Waals surface area contributed by atoms with Gasteiger partial charge >= 0.3 is 0 Å². The number of nitrogens with two attached hydrogens (primary N) is 2. The highest BCUT2D eigenvalue weighted by molar-refractivity contribution is 8.76. The largest absolute Gasteiger partial charge is 0.368 e. The summed E-state index contributed by atoms with van der Waals surface area (Å²) in [5.41, 5.74) is 10.9. The number of nitrogens with zero attached hydrogens (tertiary/aromatic N) is 1. The van der Waals surface area contributed by atoms with Crippen molar-refractivity contribution in [2.24, 2.45) is 17.4 Å². The molecule has 2 heterocycles. The third-order valence-electron chi connectivity index (χ3n) is 5.14. The summed E-state index contributed by atoms with van der Waals surface area (Å²) < 4.78 is 0. The first-order valence-corrected chi connectivity index (χ1v) is 13.4. The highest BCUT2D eigenvalue weighted by atomic mass is 33.1. The maximum absolute atomic E-state index is 12.9. The van der Waals surface area contributed by atoms with E-state index < -0.39 is 59.7 Å². The molecule has 0 spiro atoms. The maximum atomic E-state index is 12.9. The Morgan fingerprint density at radius 3 is 2.49 bits per heavy atom. The first kappa shape index (κ1) is 28.5. The Hall–Kier alpha value is -2.78. The molecule has 35 heavy (non-hydrogen) atoms. The van der Waals surface area contributed by atoms with Gasteiger partial charge in [0.25, 0.3) is 0 Å². The average Bonchev–Trinajstić information content (AvgIpc) is 3.29. The van der Waals surface area contributed by atoms with E-state index >= 15 is 0 Å². The van der Waals surface area contributed by atoms with Crippen LogP contribution in [-0.2, 0) is 30.4 Å². The first-order valence-electron chi connectivity index (χ1n) is 10.9. The Kier molecular flexibility index (Phi) is 10.4. The summed E-state index contributed by atoms with van der Waals surface area (Å²) in [6, 6.07) is -2.98. The van der Waals surface area contributed by atoms with Gasteiger partial charge in [-0.2, -0.15) is 0 Å². The molecule has 1 fully saturated rings. The number of carbonyl (C=O) groups excluding carboxylic acids is 5. The van der Waals surface area contributed by atoms with E-state index in [2.05, 4.69) is 31.2 Å². The molecule has 0 unspecified atom stereocenters. The van der Waals surface area contributed by atoms with E-state index in [1.165, 1.54) is 41.0 Å². The van der Waals surface area contributed by atoms with Crippen LogP contribution in [-0.4, -0.2) is 81.2 Å². The molecule has 0 aliphatic carbocycles. The lowest BCUT2D eigenvalue weighted by atomic mass is 10.0. The lowest BCUT2D eigenvalue weighted by Crippen LogP contribution is -2.59. The summed E-state index contributed by atoms with van der Waals surface area (Å²) in [4.78, 5) is 69.7. The van der Waals surface area contributed by atoms with Gasteiger partial charge in [-0.05, 0) is 12.8 Å². The Morgan fingerprint density at radius 2 is 1.89 bits per heavy atom. The molecule has 0 radical (unpaired) electrons. The summed E-state index contributed by atoms with van der Waals surface area (Å²) in [5.74, 6) is -3.13. The van der Waals surface area contributed by atoms with Crippen LogP contribution in [0.1, 0.15) is 26.5 Å². The highest BCUT2D eigenvalue weighted by Crippen LogP contribution is 2.26. The number of aromatic amines is 1. The number of amides is 5. The van der Waals surface area contributed by atoms with Gasteiger partial charge in [0, 0.05) is 29.8 Å². The van der Waals surface area contributed by atoms with Crippen LogP contribution in [0.25, 0.3) is 0 Å². The highest BCUT2D eigenvalue weighted by Gasteiger charge is 2.34. The summed E-state index contributed by atoms with van der Waals surface area (Å²) >= 11 is 0. The second-order valence-electron chi connectivity index (χ2n) is 8.74. The predicted octanol–water partition coefficient (Wildman–Crippen LogP) is -2.22. The molecule has 15 heteroatoms. The number of hydrogen-bond acceptors (Lipinski definition) is 9. The molecule has 194 valence electrons. The molecule has 0 saturated carbocycles. The van der Waals surface area contributed by atoms with Crippen molar-refractivity contribution in [3.05, 3.63) is 18.2 Å². The fourth-order valence-electron chi connectivity index (χ4n) is 3.00. The number of aromatic nitrogens is 2. The number of carbonyl (C=O) groups is 5. The zero-order valence-corrected chi connectivity index (χ0v) is 21.4. The quantitative estimate of drug-likeness (QED) is 0.210. The summed E-state index contributed by atoms with van der Waals surface area (Å²) in [5, 5.41) is 10.3. The van der Waals surface area contributed by atoms with E-state index in [-0.39, 0.29) is 23.8 Å². The molecule has 9 N–H and O–H groups in total. The normalized spacial score (nSPS) is 27.9. The van der Waals surface area contributed by atoms with Crippen LogP contribution >= 0.6 is 21.6 Å². The SMILES string of the molecule is CC(C)[C@@H]1NC(=O)CNC(=O)[C@H](Cc2cnc[nH]2)NC(=O)[C@@](C)(N)CSSC[C@@H](C(N)=O)NC1=O. The number of hydrogen-bond donors (Lipinski definition) is 7. The van der Waals surface area contributed by atoms with Crippen molar-refractivity contribution in [3.8, 4) is 0 Å². The minimum atomic E-state index is -1.36. The van der Waals surface area contributed by atoms with Crippen LogP contribution in [0.15, 0.2) is 12.5 Å². The monoisotopic (exact) mass is 528 g/mol. The summed E-state index contributed by atoms with van der Waals surface area (Å²) in [6.45, 7) is 4.54. The van der Waals surface area contributed by atoms with E-state index in [1.807, 2.05) is 0 Å². The fraction of sp³-hybridized carbons (Fsp3) is 0.600. The number of rotatable bonds is 4. The Bertz CT molecular complexity index is 925. The van der Waals surface area contributed by atoms with Crippen molar-refractivity contribution in [2.45, 2.75) is 50.9 Å².